The first-order valence-electron chi connectivity index (χ1n) is 8.28. The molecule has 0 bridgehead atoms. The van der Waals surface area contributed by atoms with Crippen LogP contribution in [-0.2, 0) is 4.79 Å². The molecule has 1 aromatic rings. The molecule has 0 radical (unpaired) electrons. The third-order valence-electron chi connectivity index (χ3n) is 5.28. The van der Waals surface area contributed by atoms with Crippen molar-refractivity contribution in [3.05, 3.63) is 35.4 Å². The number of hydrogen-bond acceptors (Lipinski definition) is 2. The van der Waals surface area contributed by atoms with E-state index in [4.69, 9.17) is 5.73 Å². The standard InChI is InChI=1S/C18H26N2O.ClH/c1-13-7-9-14(10-8-13)17-6-3-11-20(17)18(21)16-5-2-4-15(16)12-19;/h7-10,15-17H,2-6,11-12,19H2,1H3;1H/t15-,16-,17?;/m1./s1. The summed E-state index contributed by atoms with van der Waals surface area (Å²) in [6.45, 7) is 3.66. The zero-order valence-electron chi connectivity index (χ0n) is 13.3. The zero-order valence-corrected chi connectivity index (χ0v) is 14.1. The number of hydrogen-bond donors (Lipinski definition) is 1. The van der Waals surface area contributed by atoms with Gasteiger partial charge in [-0.2, -0.15) is 0 Å². The molecule has 1 aliphatic carbocycles. The van der Waals surface area contributed by atoms with Crippen LogP contribution in [0.25, 0.3) is 0 Å². The number of carbonyl (C=O) groups is 1. The summed E-state index contributed by atoms with van der Waals surface area (Å²) < 4.78 is 0. The first kappa shape index (κ1) is 17.3. The van der Waals surface area contributed by atoms with Gasteiger partial charge in [0.15, 0.2) is 0 Å². The zero-order chi connectivity index (χ0) is 14.8. The van der Waals surface area contributed by atoms with Crippen LogP contribution in [0.15, 0.2) is 24.3 Å². The van der Waals surface area contributed by atoms with Gasteiger partial charge in [-0.25, -0.2) is 0 Å². The number of rotatable bonds is 3. The topological polar surface area (TPSA) is 46.3 Å². The van der Waals surface area contributed by atoms with Gasteiger partial charge < -0.3 is 10.6 Å². The van der Waals surface area contributed by atoms with Gasteiger partial charge in [-0.05, 0) is 50.6 Å². The predicted octanol–water partition coefficient (Wildman–Crippen LogP) is 3.46. The Labute approximate surface area is 139 Å². The van der Waals surface area contributed by atoms with E-state index in [0.29, 0.717) is 18.4 Å². The number of benzene rings is 1. The van der Waals surface area contributed by atoms with Crippen molar-refractivity contribution in [2.24, 2.45) is 17.6 Å². The van der Waals surface area contributed by atoms with Gasteiger partial charge in [-0.15, -0.1) is 12.4 Å². The Hall–Kier alpha value is -1.06. The molecule has 3 atom stereocenters. The van der Waals surface area contributed by atoms with E-state index in [1.165, 1.54) is 11.1 Å². The van der Waals surface area contributed by atoms with E-state index in [2.05, 4.69) is 36.1 Å². The fourth-order valence-electron chi connectivity index (χ4n) is 4.02. The van der Waals surface area contributed by atoms with E-state index in [-0.39, 0.29) is 24.4 Å². The van der Waals surface area contributed by atoms with Crippen LogP contribution in [0, 0.1) is 18.8 Å². The Kier molecular flexibility index (Phi) is 5.87. The smallest absolute Gasteiger partial charge is 0.226 e. The Bertz CT molecular complexity index is 502. The Morgan fingerprint density at radius 2 is 1.91 bits per heavy atom. The second-order valence-electron chi connectivity index (χ2n) is 6.63. The summed E-state index contributed by atoms with van der Waals surface area (Å²) in [5.41, 5.74) is 8.41. The molecule has 3 nitrogen and oxygen atoms in total. The summed E-state index contributed by atoms with van der Waals surface area (Å²) >= 11 is 0. The highest BCUT2D eigenvalue weighted by Gasteiger charge is 2.38. The largest absolute Gasteiger partial charge is 0.335 e. The minimum Gasteiger partial charge on any atom is -0.335 e. The lowest BCUT2D eigenvalue weighted by atomic mass is 9.93. The quantitative estimate of drug-likeness (QED) is 0.926. The highest BCUT2D eigenvalue weighted by molar-refractivity contribution is 5.85. The lowest BCUT2D eigenvalue weighted by molar-refractivity contribution is -0.137. The SMILES string of the molecule is Cc1ccc(C2CCCN2C(=O)[C@@H]2CCC[C@@H]2CN)cc1.Cl. The average Bonchev–Trinajstić information content (AvgIpc) is 3.16. The number of nitrogens with zero attached hydrogens (tertiary/aromatic N) is 1. The Morgan fingerprint density at radius 1 is 1.18 bits per heavy atom. The van der Waals surface area contributed by atoms with E-state index >= 15 is 0 Å². The van der Waals surface area contributed by atoms with E-state index < -0.39 is 0 Å². The molecule has 1 saturated heterocycles. The summed E-state index contributed by atoms with van der Waals surface area (Å²) in [4.78, 5) is 15.1. The number of nitrogens with two attached hydrogens (primary N) is 1. The van der Waals surface area contributed by atoms with Gasteiger partial charge >= 0.3 is 0 Å². The maximum absolute atomic E-state index is 12.9. The Balaban J connectivity index is 0.00000176. The second-order valence-corrected chi connectivity index (χ2v) is 6.63. The molecule has 1 saturated carbocycles. The molecule has 2 N–H and O–H groups in total. The second kappa shape index (κ2) is 7.47. The van der Waals surface area contributed by atoms with Gasteiger partial charge in [0.1, 0.15) is 0 Å². The summed E-state index contributed by atoms with van der Waals surface area (Å²) in [6, 6.07) is 8.93. The number of aryl methyl sites for hydroxylation is 1. The van der Waals surface area contributed by atoms with Crippen LogP contribution in [0.5, 0.6) is 0 Å². The molecule has 122 valence electrons. The van der Waals surface area contributed by atoms with Crippen molar-refractivity contribution in [1.82, 2.24) is 4.90 Å². The van der Waals surface area contributed by atoms with Crippen LogP contribution in [-0.4, -0.2) is 23.9 Å². The van der Waals surface area contributed by atoms with Crippen molar-refractivity contribution in [1.29, 1.82) is 0 Å². The third-order valence-corrected chi connectivity index (χ3v) is 5.28. The summed E-state index contributed by atoms with van der Waals surface area (Å²) in [5, 5.41) is 0. The van der Waals surface area contributed by atoms with E-state index in [1.54, 1.807) is 0 Å². The highest BCUT2D eigenvalue weighted by Crippen LogP contribution is 2.38. The first-order valence-corrected chi connectivity index (χ1v) is 8.28. The molecule has 1 amide bonds. The molecule has 0 aromatic heterocycles. The Morgan fingerprint density at radius 3 is 2.59 bits per heavy atom. The first-order chi connectivity index (χ1) is 10.2. The predicted molar refractivity (Wildman–Crippen MR) is 92.0 cm³/mol. The normalized spacial score (nSPS) is 27.7. The van der Waals surface area contributed by atoms with Crippen molar-refractivity contribution in [2.75, 3.05) is 13.1 Å². The van der Waals surface area contributed by atoms with Gasteiger partial charge in [0, 0.05) is 12.5 Å². The van der Waals surface area contributed by atoms with E-state index in [1.807, 2.05) is 0 Å². The maximum Gasteiger partial charge on any atom is 0.226 e. The number of carbonyl (C=O) groups excluding carboxylic acids is 1. The number of likely N-dealkylation sites (tertiary alicyclic amines) is 1. The molecule has 0 spiro atoms. The van der Waals surface area contributed by atoms with Crippen LogP contribution in [0.3, 0.4) is 0 Å². The number of amides is 1. The van der Waals surface area contributed by atoms with Gasteiger partial charge in [-0.3, -0.25) is 4.79 Å². The van der Waals surface area contributed by atoms with E-state index in [9.17, 15) is 4.79 Å². The molecule has 1 heterocycles. The van der Waals surface area contributed by atoms with Crippen molar-refractivity contribution >= 4 is 18.3 Å². The summed E-state index contributed by atoms with van der Waals surface area (Å²) in [6.07, 6.45) is 5.51. The molecule has 1 unspecified atom stereocenters. The van der Waals surface area contributed by atoms with Gasteiger partial charge in [0.05, 0.1) is 6.04 Å². The molecule has 2 aliphatic rings. The van der Waals surface area contributed by atoms with Crippen LogP contribution < -0.4 is 5.73 Å². The highest BCUT2D eigenvalue weighted by atomic mass is 35.5. The van der Waals surface area contributed by atoms with Crippen molar-refractivity contribution in [2.45, 2.75) is 45.1 Å². The maximum atomic E-state index is 12.9. The van der Waals surface area contributed by atoms with Crippen molar-refractivity contribution in [3.63, 3.8) is 0 Å². The number of halogens is 1. The van der Waals surface area contributed by atoms with Crippen molar-refractivity contribution < 1.29 is 4.79 Å². The lowest BCUT2D eigenvalue weighted by Crippen LogP contribution is -2.38. The van der Waals surface area contributed by atoms with Crippen LogP contribution in [0.1, 0.15) is 49.3 Å². The lowest BCUT2D eigenvalue weighted by Gasteiger charge is -2.30. The van der Waals surface area contributed by atoms with Gasteiger partial charge in [0.2, 0.25) is 5.91 Å². The summed E-state index contributed by atoms with van der Waals surface area (Å²) in [5.74, 6) is 0.920. The molecule has 1 aromatic carbocycles. The molecule has 3 rings (SSSR count). The fraction of sp³-hybridized carbons (Fsp3) is 0.611. The minimum absolute atomic E-state index is 0. The molecule has 2 fully saturated rings. The monoisotopic (exact) mass is 322 g/mol. The third kappa shape index (κ3) is 3.31. The van der Waals surface area contributed by atoms with Crippen molar-refractivity contribution in [3.8, 4) is 0 Å². The van der Waals surface area contributed by atoms with Gasteiger partial charge in [0.25, 0.3) is 0 Å². The van der Waals surface area contributed by atoms with Crippen LogP contribution >= 0.6 is 12.4 Å². The molecular formula is C18H27ClN2O. The molecule has 1 aliphatic heterocycles. The molecule has 22 heavy (non-hydrogen) atoms. The fourth-order valence-corrected chi connectivity index (χ4v) is 4.02. The van der Waals surface area contributed by atoms with Crippen LogP contribution in [0.4, 0.5) is 0 Å². The average molecular weight is 323 g/mol. The molecular weight excluding hydrogens is 296 g/mol. The summed E-state index contributed by atoms with van der Waals surface area (Å²) in [7, 11) is 0. The van der Waals surface area contributed by atoms with E-state index in [0.717, 1.165) is 38.6 Å². The van der Waals surface area contributed by atoms with Gasteiger partial charge in [-0.1, -0.05) is 36.2 Å². The molecule has 4 heteroatoms. The van der Waals surface area contributed by atoms with Crippen LogP contribution in [0.2, 0.25) is 0 Å². The minimum atomic E-state index is 0.